The summed E-state index contributed by atoms with van der Waals surface area (Å²) in [5.41, 5.74) is 6.36. The molecule has 0 saturated heterocycles. The fourth-order valence-electron chi connectivity index (χ4n) is 2.56. The van der Waals surface area contributed by atoms with Crippen molar-refractivity contribution in [1.82, 2.24) is 5.32 Å². The zero-order chi connectivity index (χ0) is 20.3. The minimum absolute atomic E-state index is 0.0573. The molecule has 0 radical (unpaired) electrons. The minimum Gasteiger partial charge on any atom is -0.492 e. The lowest BCUT2D eigenvalue weighted by atomic mass is 10.1. The van der Waals surface area contributed by atoms with Crippen molar-refractivity contribution in [1.29, 1.82) is 0 Å². The van der Waals surface area contributed by atoms with Gasteiger partial charge in [0, 0.05) is 6.42 Å². The van der Waals surface area contributed by atoms with E-state index in [9.17, 15) is 9.59 Å². The number of aliphatic carboxylic acids is 1. The SMILES string of the molecule is C[N+](C)(C)CCCCCC(=O)NCCOc1ccc(C[C@H](N)C(=O)O)cc1. The van der Waals surface area contributed by atoms with Crippen LogP contribution in [0.25, 0.3) is 0 Å². The fraction of sp³-hybridized carbons (Fsp3) is 0.600. The molecule has 0 aromatic heterocycles. The van der Waals surface area contributed by atoms with Crippen LogP contribution in [0.15, 0.2) is 24.3 Å². The highest BCUT2D eigenvalue weighted by Gasteiger charge is 2.12. The largest absolute Gasteiger partial charge is 0.492 e. The van der Waals surface area contributed by atoms with Gasteiger partial charge in [-0.05, 0) is 43.4 Å². The molecular formula is C20H34N3O4+. The number of nitrogens with zero attached hydrogens (tertiary/aromatic N) is 1. The van der Waals surface area contributed by atoms with E-state index in [2.05, 4.69) is 26.5 Å². The van der Waals surface area contributed by atoms with Crippen LogP contribution in [0.3, 0.4) is 0 Å². The van der Waals surface area contributed by atoms with Gasteiger partial charge >= 0.3 is 5.97 Å². The number of carboxylic acids is 1. The van der Waals surface area contributed by atoms with Gasteiger partial charge in [0.05, 0.1) is 34.2 Å². The van der Waals surface area contributed by atoms with Crippen LogP contribution in [0.5, 0.6) is 5.75 Å². The number of unbranched alkanes of at least 4 members (excludes halogenated alkanes) is 2. The first kappa shape index (κ1) is 22.9. The molecule has 0 spiro atoms. The van der Waals surface area contributed by atoms with E-state index < -0.39 is 12.0 Å². The third-order valence-electron chi connectivity index (χ3n) is 4.12. The van der Waals surface area contributed by atoms with Crippen molar-refractivity contribution in [2.75, 3.05) is 40.8 Å². The highest BCUT2D eigenvalue weighted by molar-refractivity contribution is 5.75. The molecule has 0 aliphatic rings. The molecule has 0 fully saturated rings. The molecule has 0 saturated carbocycles. The Morgan fingerprint density at radius 2 is 1.81 bits per heavy atom. The van der Waals surface area contributed by atoms with Crippen molar-refractivity contribution in [3.63, 3.8) is 0 Å². The number of carbonyl (C=O) groups is 2. The summed E-state index contributed by atoms with van der Waals surface area (Å²) in [5.74, 6) is -0.279. The lowest BCUT2D eigenvalue weighted by Gasteiger charge is -2.23. The first-order valence-electron chi connectivity index (χ1n) is 9.44. The number of hydrogen-bond acceptors (Lipinski definition) is 4. The molecule has 1 aromatic carbocycles. The molecule has 0 unspecified atom stereocenters. The topological polar surface area (TPSA) is 102 Å². The Labute approximate surface area is 162 Å². The number of benzene rings is 1. The zero-order valence-electron chi connectivity index (χ0n) is 16.7. The Bertz CT molecular complexity index is 582. The number of carboxylic acid groups (broad SMARTS) is 1. The number of nitrogens with one attached hydrogen (secondary N) is 1. The molecule has 1 amide bonds. The molecular weight excluding hydrogens is 346 g/mol. The number of nitrogens with two attached hydrogens (primary N) is 1. The summed E-state index contributed by atoms with van der Waals surface area (Å²) in [6.45, 7) is 1.97. The third kappa shape index (κ3) is 11.2. The minimum atomic E-state index is -1.01. The highest BCUT2D eigenvalue weighted by Crippen LogP contribution is 2.13. The Morgan fingerprint density at radius 3 is 2.41 bits per heavy atom. The molecule has 152 valence electrons. The lowest BCUT2D eigenvalue weighted by molar-refractivity contribution is -0.870. The summed E-state index contributed by atoms with van der Waals surface area (Å²) < 4.78 is 6.54. The monoisotopic (exact) mass is 380 g/mol. The molecule has 7 heteroatoms. The van der Waals surface area contributed by atoms with E-state index >= 15 is 0 Å². The summed E-state index contributed by atoms with van der Waals surface area (Å²) in [5, 5.41) is 11.7. The maximum atomic E-state index is 11.8. The van der Waals surface area contributed by atoms with Crippen molar-refractivity contribution < 1.29 is 23.9 Å². The van der Waals surface area contributed by atoms with Crippen LogP contribution in [-0.4, -0.2) is 68.3 Å². The van der Waals surface area contributed by atoms with Crippen LogP contribution >= 0.6 is 0 Å². The lowest BCUT2D eigenvalue weighted by Crippen LogP contribution is -2.35. The van der Waals surface area contributed by atoms with E-state index in [1.54, 1.807) is 24.3 Å². The fourth-order valence-corrected chi connectivity index (χ4v) is 2.56. The number of amides is 1. The first-order chi connectivity index (χ1) is 12.7. The summed E-state index contributed by atoms with van der Waals surface area (Å²) >= 11 is 0. The number of hydrogen-bond donors (Lipinski definition) is 3. The van der Waals surface area contributed by atoms with E-state index in [-0.39, 0.29) is 12.3 Å². The summed E-state index contributed by atoms with van der Waals surface area (Å²) in [6.07, 6.45) is 3.94. The van der Waals surface area contributed by atoms with E-state index in [0.717, 1.165) is 35.9 Å². The Hall–Kier alpha value is -2.12. The van der Waals surface area contributed by atoms with Crippen LogP contribution in [0.2, 0.25) is 0 Å². The molecule has 1 atom stereocenters. The van der Waals surface area contributed by atoms with Gasteiger partial charge in [0.2, 0.25) is 5.91 Å². The van der Waals surface area contributed by atoms with Crippen LogP contribution in [0.1, 0.15) is 31.2 Å². The zero-order valence-corrected chi connectivity index (χ0v) is 16.7. The molecule has 4 N–H and O–H groups in total. The normalized spacial score (nSPS) is 12.4. The second kappa shape index (κ2) is 11.6. The van der Waals surface area contributed by atoms with Crippen molar-refractivity contribution in [3.05, 3.63) is 29.8 Å². The smallest absolute Gasteiger partial charge is 0.320 e. The van der Waals surface area contributed by atoms with Gasteiger partial charge in [-0.25, -0.2) is 0 Å². The van der Waals surface area contributed by atoms with Gasteiger partial charge in [-0.15, -0.1) is 0 Å². The summed E-state index contributed by atoms with van der Waals surface area (Å²) in [4.78, 5) is 22.5. The van der Waals surface area contributed by atoms with Gasteiger partial charge in [-0.1, -0.05) is 12.1 Å². The van der Waals surface area contributed by atoms with E-state index in [1.165, 1.54) is 0 Å². The molecule has 0 bridgehead atoms. The first-order valence-corrected chi connectivity index (χ1v) is 9.44. The van der Waals surface area contributed by atoms with Crippen molar-refractivity contribution in [2.45, 2.75) is 38.1 Å². The van der Waals surface area contributed by atoms with Gasteiger partial charge in [-0.3, -0.25) is 9.59 Å². The second-order valence-corrected chi connectivity index (χ2v) is 7.82. The second-order valence-electron chi connectivity index (χ2n) is 7.82. The van der Waals surface area contributed by atoms with Crippen LogP contribution in [-0.2, 0) is 16.0 Å². The van der Waals surface area contributed by atoms with E-state index in [1.807, 2.05) is 0 Å². The third-order valence-corrected chi connectivity index (χ3v) is 4.12. The van der Waals surface area contributed by atoms with Crippen LogP contribution in [0.4, 0.5) is 0 Å². The predicted molar refractivity (Wildman–Crippen MR) is 106 cm³/mol. The maximum absolute atomic E-state index is 11.8. The molecule has 7 nitrogen and oxygen atoms in total. The Morgan fingerprint density at radius 1 is 1.15 bits per heavy atom. The standard InChI is InChI=1S/C20H33N3O4/c1-23(2,3)13-6-4-5-7-19(24)22-12-14-27-17-10-8-16(9-11-17)15-18(21)20(25)26/h8-11,18H,4-7,12-15,21H2,1-3H3,(H-,22,24,25,26)/p+1/t18-/m0/s1. The molecule has 1 aromatic rings. The number of rotatable bonds is 13. The van der Waals surface area contributed by atoms with E-state index in [4.69, 9.17) is 15.6 Å². The van der Waals surface area contributed by atoms with Gasteiger partial charge in [0.15, 0.2) is 0 Å². The highest BCUT2D eigenvalue weighted by atomic mass is 16.5. The van der Waals surface area contributed by atoms with Gasteiger partial charge in [-0.2, -0.15) is 0 Å². The summed E-state index contributed by atoms with van der Waals surface area (Å²) in [6, 6.07) is 6.25. The van der Waals surface area contributed by atoms with Gasteiger partial charge < -0.3 is 25.4 Å². The quantitative estimate of drug-likeness (QED) is 0.355. The average Bonchev–Trinajstić information content (AvgIpc) is 2.58. The molecule has 0 heterocycles. The number of quaternary nitrogens is 1. The Balaban J connectivity index is 2.13. The van der Waals surface area contributed by atoms with Crippen LogP contribution in [0, 0.1) is 0 Å². The predicted octanol–water partition coefficient (Wildman–Crippen LogP) is 1.40. The molecule has 0 aliphatic heterocycles. The van der Waals surface area contributed by atoms with Crippen molar-refractivity contribution in [2.24, 2.45) is 5.73 Å². The van der Waals surface area contributed by atoms with Gasteiger partial charge in [0.1, 0.15) is 18.4 Å². The molecule has 1 rings (SSSR count). The maximum Gasteiger partial charge on any atom is 0.320 e. The van der Waals surface area contributed by atoms with Gasteiger partial charge in [0.25, 0.3) is 0 Å². The Kier molecular flexibility index (Phi) is 9.82. The molecule has 27 heavy (non-hydrogen) atoms. The van der Waals surface area contributed by atoms with E-state index in [0.29, 0.717) is 25.3 Å². The number of carbonyl (C=O) groups excluding carboxylic acids is 1. The van der Waals surface area contributed by atoms with Crippen LogP contribution < -0.4 is 15.8 Å². The van der Waals surface area contributed by atoms with Crippen molar-refractivity contribution >= 4 is 11.9 Å². The molecule has 0 aliphatic carbocycles. The summed E-state index contributed by atoms with van der Waals surface area (Å²) in [7, 11) is 6.52. The average molecular weight is 381 g/mol. The van der Waals surface area contributed by atoms with Crippen molar-refractivity contribution in [3.8, 4) is 5.75 Å². The number of ether oxygens (including phenoxy) is 1.